The fourth-order valence-electron chi connectivity index (χ4n) is 2.68. The quantitative estimate of drug-likeness (QED) is 0.651. The molecular weight excluding hydrogens is 188 g/mol. The largest absolute Gasteiger partial charge is 0.466 e. The summed E-state index contributed by atoms with van der Waals surface area (Å²) in [7, 11) is 0. The SMILES string of the molecule is CCOC(=O)C[C@@H](CC)C1CCCCC1. The summed E-state index contributed by atoms with van der Waals surface area (Å²) in [6.07, 6.45) is 8.47. The summed E-state index contributed by atoms with van der Waals surface area (Å²) in [5.74, 6) is 1.33. The van der Waals surface area contributed by atoms with E-state index in [2.05, 4.69) is 6.92 Å². The second-order valence-corrected chi connectivity index (χ2v) is 4.58. The maximum atomic E-state index is 11.4. The molecule has 0 amide bonds. The first-order valence-corrected chi connectivity index (χ1v) is 6.43. The van der Waals surface area contributed by atoms with Crippen molar-refractivity contribution in [2.24, 2.45) is 11.8 Å². The standard InChI is InChI=1S/C13H24O2/c1-3-11(10-13(14)15-4-2)12-8-6-5-7-9-12/h11-12H,3-10H2,1-2H3/t11-/m1/s1. The van der Waals surface area contributed by atoms with Crippen molar-refractivity contribution in [2.45, 2.75) is 58.8 Å². The van der Waals surface area contributed by atoms with E-state index in [1.54, 1.807) is 0 Å². The van der Waals surface area contributed by atoms with Crippen LogP contribution in [0.1, 0.15) is 58.8 Å². The highest BCUT2D eigenvalue weighted by Gasteiger charge is 2.24. The molecule has 0 aliphatic heterocycles. The molecule has 0 N–H and O–H groups in total. The van der Waals surface area contributed by atoms with Crippen LogP contribution in [0.3, 0.4) is 0 Å². The molecule has 15 heavy (non-hydrogen) atoms. The van der Waals surface area contributed by atoms with Crippen LogP contribution in [0.25, 0.3) is 0 Å². The topological polar surface area (TPSA) is 26.3 Å². The molecular formula is C13H24O2. The molecule has 1 saturated carbocycles. The summed E-state index contributed by atoms with van der Waals surface area (Å²) >= 11 is 0. The van der Waals surface area contributed by atoms with E-state index < -0.39 is 0 Å². The molecule has 1 aliphatic carbocycles. The van der Waals surface area contributed by atoms with Crippen LogP contribution in [-0.4, -0.2) is 12.6 Å². The van der Waals surface area contributed by atoms with Gasteiger partial charge in [-0.15, -0.1) is 0 Å². The van der Waals surface area contributed by atoms with E-state index in [4.69, 9.17) is 4.74 Å². The molecule has 0 bridgehead atoms. The van der Waals surface area contributed by atoms with Crippen LogP contribution < -0.4 is 0 Å². The van der Waals surface area contributed by atoms with E-state index in [1.807, 2.05) is 6.92 Å². The fraction of sp³-hybridized carbons (Fsp3) is 0.923. The van der Waals surface area contributed by atoms with Crippen LogP contribution in [0, 0.1) is 11.8 Å². The predicted molar refractivity (Wildman–Crippen MR) is 61.6 cm³/mol. The molecule has 0 aromatic rings. The van der Waals surface area contributed by atoms with Gasteiger partial charge in [0.2, 0.25) is 0 Å². The molecule has 0 aromatic carbocycles. The molecule has 0 aromatic heterocycles. The van der Waals surface area contributed by atoms with Crippen molar-refractivity contribution in [1.82, 2.24) is 0 Å². The molecule has 0 unspecified atom stereocenters. The van der Waals surface area contributed by atoms with Crippen LogP contribution in [0.4, 0.5) is 0 Å². The van der Waals surface area contributed by atoms with Gasteiger partial charge >= 0.3 is 5.97 Å². The Hall–Kier alpha value is -0.530. The molecule has 2 heteroatoms. The minimum atomic E-state index is -0.00470. The average molecular weight is 212 g/mol. The Morgan fingerprint density at radius 1 is 1.27 bits per heavy atom. The fourth-order valence-corrected chi connectivity index (χ4v) is 2.68. The average Bonchev–Trinajstić information content (AvgIpc) is 2.27. The highest BCUT2D eigenvalue weighted by atomic mass is 16.5. The Bertz CT molecular complexity index is 183. The minimum absolute atomic E-state index is 0.00470. The first-order valence-electron chi connectivity index (χ1n) is 6.43. The van der Waals surface area contributed by atoms with E-state index in [0.717, 1.165) is 12.3 Å². The van der Waals surface area contributed by atoms with Gasteiger partial charge in [0.1, 0.15) is 0 Å². The van der Waals surface area contributed by atoms with Crippen molar-refractivity contribution in [3.63, 3.8) is 0 Å². The van der Waals surface area contributed by atoms with E-state index in [0.29, 0.717) is 18.9 Å². The molecule has 1 rings (SSSR count). The van der Waals surface area contributed by atoms with E-state index in [9.17, 15) is 4.79 Å². The maximum absolute atomic E-state index is 11.4. The number of hydrogen-bond acceptors (Lipinski definition) is 2. The van der Waals surface area contributed by atoms with Crippen molar-refractivity contribution in [3.8, 4) is 0 Å². The van der Waals surface area contributed by atoms with Crippen LogP contribution in [-0.2, 0) is 9.53 Å². The van der Waals surface area contributed by atoms with Crippen LogP contribution >= 0.6 is 0 Å². The number of hydrogen-bond donors (Lipinski definition) is 0. The zero-order valence-electron chi connectivity index (χ0n) is 10.1. The maximum Gasteiger partial charge on any atom is 0.306 e. The lowest BCUT2D eigenvalue weighted by Crippen LogP contribution is -2.21. The van der Waals surface area contributed by atoms with Crippen molar-refractivity contribution < 1.29 is 9.53 Å². The molecule has 1 fully saturated rings. The lowest BCUT2D eigenvalue weighted by atomic mass is 9.77. The first-order chi connectivity index (χ1) is 7.27. The number of ether oxygens (including phenoxy) is 1. The zero-order valence-corrected chi connectivity index (χ0v) is 10.1. The third-order valence-corrected chi connectivity index (χ3v) is 3.58. The van der Waals surface area contributed by atoms with Crippen molar-refractivity contribution in [2.75, 3.05) is 6.61 Å². The second-order valence-electron chi connectivity index (χ2n) is 4.58. The summed E-state index contributed by atoms with van der Waals surface area (Å²) in [4.78, 5) is 11.4. The molecule has 1 atom stereocenters. The Morgan fingerprint density at radius 2 is 1.93 bits per heavy atom. The summed E-state index contributed by atoms with van der Waals surface area (Å²) in [6.45, 7) is 4.58. The van der Waals surface area contributed by atoms with Gasteiger partial charge in [-0.2, -0.15) is 0 Å². The number of rotatable bonds is 5. The molecule has 0 spiro atoms. The third kappa shape index (κ3) is 4.23. The monoisotopic (exact) mass is 212 g/mol. The Labute approximate surface area is 93.4 Å². The predicted octanol–water partition coefficient (Wildman–Crippen LogP) is 3.55. The Kier molecular flexibility index (Phi) is 5.74. The highest BCUT2D eigenvalue weighted by Crippen LogP contribution is 2.33. The second kappa shape index (κ2) is 6.86. The molecule has 2 nitrogen and oxygen atoms in total. The molecule has 0 heterocycles. The van der Waals surface area contributed by atoms with Gasteiger partial charge in [0, 0.05) is 6.42 Å². The third-order valence-electron chi connectivity index (χ3n) is 3.58. The summed E-state index contributed by atoms with van der Waals surface area (Å²) in [6, 6.07) is 0. The van der Waals surface area contributed by atoms with Crippen molar-refractivity contribution in [1.29, 1.82) is 0 Å². The van der Waals surface area contributed by atoms with Gasteiger partial charge in [-0.25, -0.2) is 0 Å². The lowest BCUT2D eigenvalue weighted by molar-refractivity contribution is -0.144. The first kappa shape index (κ1) is 12.5. The number of esters is 1. The van der Waals surface area contributed by atoms with Crippen molar-refractivity contribution >= 4 is 5.97 Å². The van der Waals surface area contributed by atoms with E-state index in [-0.39, 0.29) is 5.97 Å². The van der Waals surface area contributed by atoms with Gasteiger partial charge in [-0.3, -0.25) is 4.79 Å². The van der Waals surface area contributed by atoms with Crippen molar-refractivity contribution in [3.05, 3.63) is 0 Å². The summed E-state index contributed by atoms with van der Waals surface area (Å²) in [5.41, 5.74) is 0. The summed E-state index contributed by atoms with van der Waals surface area (Å²) < 4.78 is 5.03. The molecule has 0 radical (unpaired) electrons. The van der Waals surface area contributed by atoms with Crippen LogP contribution in [0.15, 0.2) is 0 Å². The van der Waals surface area contributed by atoms with Gasteiger partial charge in [0.15, 0.2) is 0 Å². The van der Waals surface area contributed by atoms with Gasteiger partial charge < -0.3 is 4.74 Å². The lowest BCUT2D eigenvalue weighted by Gasteiger charge is -2.28. The zero-order chi connectivity index (χ0) is 11.1. The highest BCUT2D eigenvalue weighted by molar-refractivity contribution is 5.69. The van der Waals surface area contributed by atoms with Gasteiger partial charge in [-0.05, 0) is 18.8 Å². The minimum Gasteiger partial charge on any atom is -0.466 e. The number of carbonyl (C=O) groups excluding carboxylic acids is 1. The molecule has 0 saturated heterocycles. The number of carbonyl (C=O) groups is 1. The van der Waals surface area contributed by atoms with Gasteiger partial charge in [0.05, 0.1) is 6.61 Å². The normalized spacial score (nSPS) is 19.9. The van der Waals surface area contributed by atoms with E-state index >= 15 is 0 Å². The summed E-state index contributed by atoms with van der Waals surface area (Å²) in [5, 5.41) is 0. The van der Waals surface area contributed by atoms with Gasteiger partial charge in [0.25, 0.3) is 0 Å². The Morgan fingerprint density at radius 3 is 2.47 bits per heavy atom. The molecule has 88 valence electrons. The van der Waals surface area contributed by atoms with Crippen LogP contribution in [0.2, 0.25) is 0 Å². The smallest absolute Gasteiger partial charge is 0.306 e. The van der Waals surface area contributed by atoms with Gasteiger partial charge in [-0.1, -0.05) is 45.4 Å². The van der Waals surface area contributed by atoms with Crippen LogP contribution in [0.5, 0.6) is 0 Å². The molecule has 1 aliphatic rings. The van der Waals surface area contributed by atoms with E-state index in [1.165, 1.54) is 32.1 Å². The Balaban J connectivity index is 2.36.